The fourth-order valence-corrected chi connectivity index (χ4v) is 2.48. The number of hydrogen-bond acceptors (Lipinski definition) is 5. The fourth-order valence-electron chi connectivity index (χ4n) is 2.48. The first-order valence-corrected chi connectivity index (χ1v) is 8.30. The van der Waals surface area contributed by atoms with Crippen LogP contribution in [0.4, 0.5) is 0 Å². The van der Waals surface area contributed by atoms with E-state index < -0.39 is 0 Å². The maximum Gasteiger partial charge on any atom is 0.251 e. The zero-order valence-electron chi connectivity index (χ0n) is 14.7. The van der Waals surface area contributed by atoms with Gasteiger partial charge in [-0.3, -0.25) is 14.6 Å². The number of para-hydroxylation sites is 1. The quantitative estimate of drug-likeness (QED) is 0.651. The zero-order chi connectivity index (χ0) is 19.1. The van der Waals surface area contributed by atoms with E-state index in [1.807, 2.05) is 0 Å². The third-order valence-electron chi connectivity index (χ3n) is 3.80. The van der Waals surface area contributed by atoms with Gasteiger partial charge in [-0.2, -0.15) is 0 Å². The predicted molar refractivity (Wildman–Crippen MR) is 100 cm³/mol. The molecule has 3 rings (SSSR count). The Labute approximate surface area is 156 Å². The number of ketones is 1. The van der Waals surface area contributed by atoms with Gasteiger partial charge in [-0.15, -0.1) is 0 Å². The normalized spacial score (nSPS) is 10.1. The van der Waals surface area contributed by atoms with E-state index in [4.69, 9.17) is 9.47 Å². The molecule has 0 spiro atoms. The summed E-state index contributed by atoms with van der Waals surface area (Å²) in [6.45, 7) is -0.130. The monoisotopic (exact) mass is 362 g/mol. The number of pyridine rings is 1. The van der Waals surface area contributed by atoms with Gasteiger partial charge in [0.1, 0.15) is 17.2 Å². The van der Waals surface area contributed by atoms with E-state index in [-0.39, 0.29) is 18.2 Å². The van der Waals surface area contributed by atoms with Crippen molar-refractivity contribution in [2.24, 2.45) is 0 Å². The summed E-state index contributed by atoms with van der Waals surface area (Å²) in [5.74, 6) is 1.02. The van der Waals surface area contributed by atoms with E-state index in [0.29, 0.717) is 28.4 Å². The van der Waals surface area contributed by atoms with Crippen LogP contribution < -0.4 is 14.8 Å². The number of ether oxygens (including phenoxy) is 2. The molecule has 0 bridgehead atoms. The lowest BCUT2D eigenvalue weighted by atomic mass is 10.1. The highest BCUT2D eigenvalue weighted by Crippen LogP contribution is 2.21. The van der Waals surface area contributed by atoms with Gasteiger partial charge in [-0.1, -0.05) is 18.2 Å². The van der Waals surface area contributed by atoms with Crippen LogP contribution in [0, 0.1) is 0 Å². The number of rotatable bonds is 7. The third-order valence-corrected chi connectivity index (χ3v) is 3.80. The molecule has 0 atom stereocenters. The number of benzene rings is 2. The van der Waals surface area contributed by atoms with Gasteiger partial charge < -0.3 is 14.8 Å². The van der Waals surface area contributed by atoms with Crippen molar-refractivity contribution in [1.82, 2.24) is 10.3 Å². The summed E-state index contributed by atoms with van der Waals surface area (Å²) in [6.07, 6.45) is 3.24. The molecular weight excluding hydrogens is 344 g/mol. The number of aromatic nitrogens is 1. The molecule has 27 heavy (non-hydrogen) atoms. The van der Waals surface area contributed by atoms with Gasteiger partial charge in [0.25, 0.3) is 5.91 Å². The van der Waals surface area contributed by atoms with Crippen LogP contribution in [0.15, 0.2) is 73.1 Å². The van der Waals surface area contributed by atoms with Crippen molar-refractivity contribution in [2.75, 3.05) is 13.7 Å². The van der Waals surface area contributed by atoms with Gasteiger partial charge >= 0.3 is 0 Å². The number of amides is 1. The molecule has 0 aliphatic heterocycles. The van der Waals surface area contributed by atoms with Crippen LogP contribution in [-0.2, 0) is 0 Å². The van der Waals surface area contributed by atoms with Crippen molar-refractivity contribution in [3.63, 3.8) is 0 Å². The van der Waals surface area contributed by atoms with Crippen molar-refractivity contribution in [1.29, 1.82) is 0 Å². The third kappa shape index (κ3) is 4.70. The molecule has 1 amide bonds. The summed E-state index contributed by atoms with van der Waals surface area (Å²) < 4.78 is 10.9. The molecule has 0 radical (unpaired) electrons. The summed E-state index contributed by atoms with van der Waals surface area (Å²) >= 11 is 0. The number of nitrogens with one attached hydrogen (secondary N) is 1. The zero-order valence-corrected chi connectivity index (χ0v) is 14.7. The molecule has 0 saturated carbocycles. The van der Waals surface area contributed by atoms with Gasteiger partial charge in [0.2, 0.25) is 0 Å². The van der Waals surface area contributed by atoms with E-state index in [2.05, 4.69) is 10.3 Å². The number of nitrogens with zero attached hydrogens (tertiary/aromatic N) is 1. The van der Waals surface area contributed by atoms with Crippen molar-refractivity contribution in [2.45, 2.75) is 0 Å². The van der Waals surface area contributed by atoms with E-state index in [1.54, 1.807) is 73.1 Å². The first kappa shape index (κ1) is 18.1. The number of carbonyl (C=O) groups excluding carboxylic acids is 2. The number of hydrogen-bond donors (Lipinski definition) is 1. The molecule has 0 aliphatic carbocycles. The summed E-state index contributed by atoms with van der Waals surface area (Å²) in [5, 5.41) is 2.63. The number of Topliss-reactive ketones (excluding diaryl/α,β-unsaturated/α-hetero) is 1. The van der Waals surface area contributed by atoms with Crippen LogP contribution in [0.3, 0.4) is 0 Å². The van der Waals surface area contributed by atoms with Crippen molar-refractivity contribution in [3.8, 4) is 17.2 Å². The molecule has 136 valence electrons. The Balaban J connectivity index is 1.64. The lowest BCUT2D eigenvalue weighted by Crippen LogP contribution is -2.29. The fraction of sp³-hybridized carbons (Fsp3) is 0.0952. The Bertz CT molecular complexity index is 942. The Morgan fingerprint density at radius 3 is 2.52 bits per heavy atom. The standard InChI is InChI=1S/C21H18N2O4/c1-26-20-8-3-2-7-18(20)19(24)14-23-21(25)15-5-4-6-17(13-15)27-16-9-11-22-12-10-16/h2-13H,14H2,1H3,(H,23,25). The lowest BCUT2D eigenvalue weighted by Gasteiger charge is -2.09. The highest BCUT2D eigenvalue weighted by atomic mass is 16.5. The number of carbonyl (C=O) groups is 2. The minimum absolute atomic E-state index is 0.130. The molecule has 6 heteroatoms. The van der Waals surface area contributed by atoms with Crippen molar-refractivity contribution < 1.29 is 19.1 Å². The van der Waals surface area contributed by atoms with Gasteiger partial charge in [0, 0.05) is 18.0 Å². The second-order valence-electron chi connectivity index (χ2n) is 5.62. The smallest absolute Gasteiger partial charge is 0.251 e. The van der Waals surface area contributed by atoms with Gasteiger partial charge in [0.15, 0.2) is 5.78 Å². The van der Waals surface area contributed by atoms with E-state index >= 15 is 0 Å². The van der Waals surface area contributed by atoms with Gasteiger partial charge in [-0.05, 0) is 42.5 Å². The van der Waals surface area contributed by atoms with Crippen LogP contribution in [-0.4, -0.2) is 30.3 Å². The molecule has 1 N–H and O–H groups in total. The highest BCUT2D eigenvalue weighted by Gasteiger charge is 2.14. The molecule has 3 aromatic rings. The summed E-state index contributed by atoms with van der Waals surface area (Å²) in [7, 11) is 1.50. The van der Waals surface area contributed by atoms with Crippen molar-refractivity contribution in [3.05, 3.63) is 84.2 Å². The topological polar surface area (TPSA) is 77.5 Å². The van der Waals surface area contributed by atoms with Crippen LogP contribution in [0.25, 0.3) is 0 Å². The second-order valence-corrected chi connectivity index (χ2v) is 5.62. The van der Waals surface area contributed by atoms with Crippen LogP contribution >= 0.6 is 0 Å². The average Bonchev–Trinajstić information content (AvgIpc) is 2.72. The number of methoxy groups -OCH3 is 1. The maximum atomic E-state index is 12.4. The second kappa shape index (κ2) is 8.62. The van der Waals surface area contributed by atoms with E-state index in [9.17, 15) is 9.59 Å². The molecule has 1 aromatic heterocycles. The lowest BCUT2D eigenvalue weighted by molar-refractivity contribution is 0.0902. The van der Waals surface area contributed by atoms with Crippen molar-refractivity contribution >= 4 is 11.7 Å². The van der Waals surface area contributed by atoms with Crippen LogP contribution in [0.5, 0.6) is 17.2 Å². The molecular formula is C21H18N2O4. The van der Waals surface area contributed by atoms with Crippen LogP contribution in [0.2, 0.25) is 0 Å². The van der Waals surface area contributed by atoms with E-state index in [0.717, 1.165) is 0 Å². The Morgan fingerprint density at radius 2 is 1.74 bits per heavy atom. The minimum Gasteiger partial charge on any atom is -0.496 e. The summed E-state index contributed by atoms with van der Waals surface area (Å²) in [6, 6.07) is 17.1. The van der Waals surface area contributed by atoms with E-state index in [1.165, 1.54) is 7.11 Å². The largest absolute Gasteiger partial charge is 0.496 e. The summed E-state index contributed by atoms with van der Waals surface area (Å²) in [4.78, 5) is 28.6. The molecule has 1 heterocycles. The van der Waals surface area contributed by atoms with Crippen LogP contribution in [0.1, 0.15) is 20.7 Å². The average molecular weight is 362 g/mol. The molecule has 6 nitrogen and oxygen atoms in total. The van der Waals surface area contributed by atoms with Gasteiger partial charge in [-0.25, -0.2) is 0 Å². The maximum absolute atomic E-state index is 12.4. The first-order valence-electron chi connectivity index (χ1n) is 8.30. The molecule has 0 saturated heterocycles. The Kier molecular flexibility index (Phi) is 5.79. The first-order chi connectivity index (χ1) is 13.2. The summed E-state index contributed by atoms with van der Waals surface area (Å²) in [5.41, 5.74) is 0.824. The molecule has 0 unspecified atom stereocenters. The Hall–Kier alpha value is -3.67. The highest BCUT2D eigenvalue weighted by molar-refractivity contribution is 6.03. The molecule has 0 aliphatic rings. The Morgan fingerprint density at radius 1 is 0.963 bits per heavy atom. The van der Waals surface area contributed by atoms with Gasteiger partial charge in [0.05, 0.1) is 19.2 Å². The molecule has 2 aromatic carbocycles. The predicted octanol–water partition coefficient (Wildman–Crippen LogP) is 3.50. The molecule has 0 fully saturated rings. The minimum atomic E-state index is -0.363. The SMILES string of the molecule is COc1ccccc1C(=O)CNC(=O)c1cccc(Oc2ccncc2)c1.